The number of carbonyl (C=O) groups excluding carboxylic acids is 1. The minimum absolute atomic E-state index is 0.0190. The highest BCUT2D eigenvalue weighted by atomic mass is 19.3. The van der Waals surface area contributed by atoms with Crippen molar-refractivity contribution < 1.29 is 23.4 Å². The lowest BCUT2D eigenvalue weighted by atomic mass is 9.92. The molecule has 1 heterocycles. The number of hydrogen-bond acceptors (Lipinski definition) is 3. The Hall–Kier alpha value is -2.15. The molecule has 5 nitrogen and oxygen atoms in total. The number of aliphatic hydroxyl groups is 1. The van der Waals surface area contributed by atoms with Crippen molar-refractivity contribution in [2.45, 2.75) is 44.4 Å². The molecule has 2 aromatic rings. The van der Waals surface area contributed by atoms with E-state index in [0.717, 1.165) is 19.3 Å². The Morgan fingerprint density at radius 3 is 2.87 bits per heavy atom. The van der Waals surface area contributed by atoms with Crippen molar-refractivity contribution in [2.75, 3.05) is 0 Å². The Bertz CT molecular complexity index is 702. The number of carbonyl (C=O) groups is 1. The molecule has 1 aliphatic rings. The molecule has 23 heavy (non-hydrogen) atoms. The number of nitrogens with one attached hydrogen (secondary N) is 2. The van der Waals surface area contributed by atoms with Gasteiger partial charge in [-0.3, -0.25) is 4.79 Å². The Balaban J connectivity index is 1.81. The number of benzene rings is 1. The number of ether oxygens (including phenoxy) is 1. The third-order valence-electron chi connectivity index (χ3n) is 4.13. The van der Waals surface area contributed by atoms with Gasteiger partial charge in [-0.25, -0.2) is 0 Å². The van der Waals surface area contributed by atoms with E-state index in [9.17, 15) is 18.7 Å². The monoisotopic (exact) mass is 324 g/mol. The predicted molar refractivity (Wildman–Crippen MR) is 80.7 cm³/mol. The first-order chi connectivity index (χ1) is 11.0. The zero-order chi connectivity index (χ0) is 16.4. The maximum atomic E-state index is 12.4. The molecule has 1 aromatic carbocycles. The second-order valence-corrected chi connectivity index (χ2v) is 5.71. The maximum absolute atomic E-state index is 12.4. The molecule has 1 aromatic heterocycles. The first-order valence-corrected chi connectivity index (χ1v) is 7.60. The molecule has 3 N–H and O–H groups in total. The summed E-state index contributed by atoms with van der Waals surface area (Å²) in [4.78, 5) is 15.2. The summed E-state index contributed by atoms with van der Waals surface area (Å²) in [7, 11) is 0. The standard InChI is InChI=1S/C16H18F2N2O3/c17-16(18)23-14-7-3-5-10-9(14)8-12(19-10)15(22)20-11-4-1-2-6-13(11)21/h3,5,7-8,11,13,16,19,21H,1-2,4,6H2,(H,20,22). The summed E-state index contributed by atoms with van der Waals surface area (Å²) in [6.07, 6.45) is 2.77. The fourth-order valence-corrected chi connectivity index (χ4v) is 2.97. The molecular formula is C16H18F2N2O3. The smallest absolute Gasteiger partial charge is 0.387 e. The van der Waals surface area contributed by atoms with Gasteiger partial charge in [-0.05, 0) is 31.0 Å². The first-order valence-electron chi connectivity index (χ1n) is 7.60. The number of halogens is 2. The molecule has 0 aliphatic heterocycles. The number of aliphatic hydroxyl groups excluding tert-OH is 1. The van der Waals surface area contributed by atoms with E-state index in [2.05, 4.69) is 15.0 Å². The molecule has 0 bridgehead atoms. The Kier molecular flexibility index (Phi) is 4.47. The summed E-state index contributed by atoms with van der Waals surface area (Å²) >= 11 is 0. The van der Waals surface area contributed by atoms with E-state index in [1.54, 1.807) is 12.1 Å². The molecule has 0 radical (unpaired) electrons. The summed E-state index contributed by atoms with van der Waals surface area (Å²) in [5, 5.41) is 13.1. The highest BCUT2D eigenvalue weighted by Crippen LogP contribution is 2.28. The number of amides is 1. The Labute approximate surface area is 131 Å². The van der Waals surface area contributed by atoms with Crippen LogP contribution in [0.3, 0.4) is 0 Å². The third-order valence-corrected chi connectivity index (χ3v) is 4.13. The van der Waals surface area contributed by atoms with Gasteiger partial charge in [-0.2, -0.15) is 8.78 Å². The number of rotatable bonds is 4. The molecule has 2 unspecified atom stereocenters. The molecule has 7 heteroatoms. The fraction of sp³-hybridized carbons (Fsp3) is 0.438. The summed E-state index contributed by atoms with van der Waals surface area (Å²) < 4.78 is 29.3. The zero-order valence-corrected chi connectivity index (χ0v) is 12.4. The third kappa shape index (κ3) is 3.44. The van der Waals surface area contributed by atoms with Crippen molar-refractivity contribution in [2.24, 2.45) is 0 Å². The Morgan fingerprint density at radius 1 is 1.35 bits per heavy atom. The minimum atomic E-state index is -2.93. The van der Waals surface area contributed by atoms with Gasteiger partial charge >= 0.3 is 6.61 Å². The van der Waals surface area contributed by atoms with Crippen LogP contribution >= 0.6 is 0 Å². The predicted octanol–water partition coefficient (Wildman–Crippen LogP) is 2.80. The van der Waals surface area contributed by atoms with E-state index in [0.29, 0.717) is 17.3 Å². The first kappa shape index (κ1) is 15.7. The topological polar surface area (TPSA) is 74.3 Å². The molecule has 1 fully saturated rings. The molecule has 2 atom stereocenters. The van der Waals surface area contributed by atoms with Crippen LogP contribution in [-0.4, -0.2) is 34.8 Å². The van der Waals surface area contributed by atoms with Gasteiger partial charge in [0.1, 0.15) is 11.4 Å². The number of alkyl halides is 2. The van der Waals surface area contributed by atoms with Gasteiger partial charge in [0.15, 0.2) is 0 Å². The van der Waals surface area contributed by atoms with Gasteiger partial charge in [0.25, 0.3) is 5.91 Å². The van der Waals surface area contributed by atoms with Crippen LogP contribution in [0.4, 0.5) is 8.78 Å². The van der Waals surface area contributed by atoms with Gasteiger partial charge in [-0.1, -0.05) is 18.9 Å². The largest absolute Gasteiger partial charge is 0.434 e. The Morgan fingerprint density at radius 2 is 2.13 bits per heavy atom. The van der Waals surface area contributed by atoms with E-state index in [1.165, 1.54) is 12.1 Å². The molecule has 1 saturated carbocycles. The molecule has 124 valence electrons. The highest BCUT2D eigenvalue weighted by molar-refractivity contribution is 5.99. The lowest BCUT2D eigenvalue weighted by Gasteiger charge is -2.28. The second-order valence-electron chi connectivity index (χ2n) is 5.71. The molecule has 3 rings (SSSR count). The molecule has 0 spiro atoms. The average Bonchev–Trinajstić information content (AvgIpc) is 2.94. The van der Waals surface area contributed by atoms with Crippen molar-refractivity contribution in [1.82, 2.24) is 10.3 Å². The van der Waals surface area contributed by atoms with Gasteiger partial charge in [-0.15, -0.1) is 0 Å². The van der Waals surface area contributed by atoms with Crippen molar-refractivity contribution >= 4 is 16.8 Å². The number of H-pyrrole nitrogens is 1. The normalized spacial score (nSPS) is 21.6. The van der Waals surface area contributed by atoms with Crippen LogP contribution in [0.25, 0.3) is 10.9 Å². The number of aromatic amines is 1. The van der Waals surface area contributed by atoms with Gasteiger partial charge in [0.05, 0.1) is 12.1 Å². The van der Waals surface area contributed by atoms with Crippen LogP contribution in [0.2, 0.25) is 0 Å². The highest BCUT2D eigenvalue weighted by Gasteiger charge is 2.25. The van der Waals surface area contributed by atoms with Crippen LogP contribution in [0, 0.1) is 0 Å². The number of aromatic nitrogens is 1. The van der Waals surface area contributed by atoms with Crippen molar-refractivity contribution in [3.63, 3.8) is 0 Å². The van der Waals surface area contributed by atoms with Crippen LogP contribution < -0.4 is 10.1 Å². The lowest BCUT2D eigenvalue weighted by Crippen LogP contribution is -2.45. The summed E-state index contributed by atoms with van der Waals surface area (Å²) in [6.45, 7) is -2.93. The van der Waals surface area contributed by atoms with Gasteiger partial charge in [0.2, 0.25) is 0 Å². The number of fused-ring (bicyclic) bond motifs is 1. The minimum Gasteiger partial charge on any atom is -0.434 e. The fourth-order valence-electron chi connectivity index (χ4n) is 2.97. The van der Waals surface area contributed by atoms with Gasteiger partial charge < -0.3 is 20.1 Å². The van der Waals surface area contributed by atoms with Crippen LogP contribution in [0.5, 0.6) is 5.75 Å². The van der Waals surface area contributed by atoms with Crippen molar-refractivity contribution in [3.05, 3.63) is 30.0 Å². The summed E-state index contributed by atoms with van der Waals surface area (Å²) in [6, 6.07) is 5.88. The van der Waals surface area contributed by atoms with E-state index < -0.39 is 12.7 Å². The van der Waals surface area contributed by atoms with Crippen LogP contribution in [-0.2, 0) is 0 Å². The summed E-state index contributed by atoms with van der Waals surface area (Å²) in [5.74, 6) is -0.347. The SMILES string of the molecule is O=C(NC1CCCCC1O)c1cc2c(OC(F)F)cccc2[nH]1. The molecule has 1 aliphatic carbocycles. The summed E-state index contributed by atoms with van der Waals surface area (Å²) in [5.41, 5.74) is 0.792. The average molecular weight is 324 g/mol. The maximum Gasteiger partial charge on any atom is 0.387 e. The van der Waals surface area contributed by atoms with Gasteiger partial charge in [0, 0.05) is 10.9 Å². The molecular weight excluding hydrogens is 306 g/mol. The number of hydrogen-bond donors (Lipinski definition) is 3. The lowest BCUT2D eigenvalue weighted by molar-refractivity contribution is -0.0487. The van der Waals surface area contributed by atoms with Crippen molar-refractivity contribution in [1.29, 1.82) is 0 Å². The van der Waals surface area contributed by atoms with Crippen LogP contribution in [0.15, 0.2) is 24.3 Å². The molecule has 1 amide bonds. The second kappa shape index (κ2) is 6.54. The zero-order valence-electron chi connectivity index (χ0n) is 12.4. The van der Waals surface area contributed by atoms with Crippen LogP contribution in [0.1, 0.15) is 36.2 Å². The van der Waals surface area contributed by atoms with E-state index >= 15 is 0 Å². The van der Waals surface area contributed by atoms with E-state index in [1.807, 2.05) is 0 Å². The van der Waals surface area contributed by atoms with Crippen molar-refractivity contribution in [3.8, 4) is 5.75 Å². The van der Waals surface area contributed by atoms with E-state index in [4.69, 9.17) is 0 Å². The quantitative estimate of drug-likeness (QED) is 0.809. The van der Waals surface area contributed by atoms with E-state index in [-0.39, 0.29) is 23.4 Å². The molecule has 0 saturated heterocycles.